The minimum atomic E-state index is -0.366. The number of furan rings is 1. The molecule has 0 bridgehead atoms. The van der Waals surface area contributed by atoms with Crippen molar-refractivity contribution in [3.8, 4) is 0 Å². The van der Waals surface area contributed by atoms with Gasteiger partial charge in [0.2, 0.25) is 0 Å². The van der Waals surface area contributed by atoms with Crippen LogP contribution in [0.4, 0.5) is 11.4 Å². The standard InChI is InChI=1S/C15H19N3O3/c1-3-16-15-5-4-14(18(19)20)8-13(15)10-17(2)9-12-6-7-21-11-12/h4-8,11,16H,3,9-10H2,1-2H3. The Hall–Kier alpha value is -2.34. The lowest BCUT2D eigenvalue weighted by atomic mass is 10.1. The third-order valence-electron chi connectivity index (χ3n) is 3.14. The first kappa shape index (κ1) is 15.1. The molecule has 1 aromatic carbocycles. The third kappa shape index (κ3) is 4.06. The van der Waals surface area contributed by atoms with E-state index in [9.17, 15) is 10.1 Å². The average Bonchev–Trinajstić information content (AvgIpc) is 2.93. The van der Waals surface area contributed by atoms with Crippen LogP contribution in [-0.2, 0) is 13.1 Å². The second-order valence-corrected chi connectivity index (χ2v) is 4.93. The van der Waals surface area contributed by atoms with E-state index in [1.165, 1.54) is 6.07 Å². The van der Waals surface area contributed by atoms with Crippen LogP contribution < -0.4 is 5.32 Å². The topological polar surface area (TPSA) is 71.6 Å². The lowest BCUT2D eigenvalue weighted by Crippen LogP contribution is -2.18. The van der Waals surface area contributed by atoms with Crippen LogP contribution in [0.2, 0.25) is 0 Å². The van der Waals surface area contributed by atoms with Crippen molar-refractivity contribution >= 4 is 11.4 Å². The molecule has 0 atom stereocenters. The molecule has 0 aliphatic heterocycles. The Morgan fingerprint density at radius 1 is 1.33 bits per heavy atom. The fourth-order valence-electron chi connectivity index (χ4n) is 2.23. The largest absolute Gasteiger partial charge is 0.472 e. The summed E-state index contributed by atoms with van der Waals surface area (Å²) in [5, 5.41) is 14.2. The Morgan fingerprint density at radius 2 is 2.14 bits per heavy atom. The maximum atomic E-state index is 10.9. The molecule has 0 aliphatic carbocycles. The highest BCUT2D eigenvalue weighted by Crippen LogP contribution is 2.23. The molecule has 1 N–H and O–H groups in total. The summed E-state index contributed by atoms with van der Waals surface area (Å²) in [6.45, 7) is 4.12. The third-order valence-corrected chi connectivity index (χ3v) is 3.14. The van der Waals surface area contributed by atoms with E-state index in [4.69, 9.17) is 4.42 Å². The number of nitro benzene ring substituents is 1. The number of non-ortho nitro benzene ring substituents is 1. The smallest absolute Gasteiger partial charge is 0.269 e. The van der Waals surface area contributed by atoms with Crippen LogP contribution >= 0.6 is 0 Å². The molecule has 0 aliphatic rings. The number of anilines is 1. The predicted molar refractivity (Wildman–Crippen MR) is 81.1 cm³/mol. The van der Waals surface area contributed by atoms with Crippen LogP contribution in [0.3, 0.4) is 0 Å². The molecule has 0 amide bonds. The van der Waals surface area contributed by atoms with Gasteiger partial charge in [-0.1, -0.05) is 0 Å². The lowest BCUT2D eigenvalue weighted by Gasteiger charge is -2.18. The molecule has 2 aromatic rings. The van der Waals surface area contributed by atoms with E-state index >= 15 is 0 Å². The molecule has 2 rings (SSSR count). The highest BCUT2D eigenvalue weighted by atomic mass is 16.6. The van der Waals surface area contributed by atoms with Gasteiger partial charge in [-0.2, -0.15) is 0 Å². The van der Waals surface area contributed by atoms with Gasteiger partial charge in [-0.05, 0) is 31.7 Å². The molecule has 0 fully saturated rings. The molecule has 1 aromatic heterocycles. The summed E-state index contributed by atoms with van der Waals surface area (Å²) in [4.78, 5) is 12.6. The molecular formula is C15H19N3O3. The van der Waals surface area contributed by atoms with E-state index in [-0.39, 0.29) is 10.6 Å². The molecule has 0 saturated heterocycles. The summed E-state index contributed by atoms with van der Waals surface area (Å²) in [6, 6.07) is 6.83. The van der Waals surface area contributed by atoms with Gasteiger partial charge >= 0.3 is 0 Å². The Kier molecular flexibility index (Phi) is 4.94. The van der Waals surface area contributed by atoms with E-state index in [1.807, 2.05) is 20.0 Å². The van der Waals surface area contributed by atoms with Crippen LogP contribution in [0, 0.1) is 10.1 Å². The number of benzene rings is 1. The maximum absolute atomic E-state index is 10.9. The van der Waals surface area contributed by atoms with E-state index in [0.717, 1.165) is 29.9 Å². The van der Waals surface area contributed by atoms with Gasteiger partial charge in [-0.25, -0.2) is 0 Å². The molecule has 112 valence electrons. The number of hydrogen-bond donors (Lipinski definition) is 1. The summed E-state index contributed by atoms with van der Waals surface area (Å²) in [7, 11) is 1.97. The van der Waals surface area contributed by atoms with Crippen molar-refractivity contribution < 1.29 is 9.34 Å². The Labute approximate surface area is 123 Å². The minimum Gasteiger partial charge on any atom is -0.472 e. The zero-order valence-electron chi connectivity index (χ0n) is 12.2. The van der Waals surface area contributed by atoms with Crippen molar-refractivity contribution in [1.82, 2.24) is 4.90 Å². The van der Waals surface area contributed by atoms with Gasteiger partial charge in [0.05, 0.1) is 17.4 Å². The average molecular weight is 289 g/mol. The first-order chi connectivity index (χ1) is 10.1. The minimum absolute atomic E-state index is 0.114. The fraction of sp³-hybridized carbons (Fsp3) is 0.333. The summed E-state index contributed by atoms with van der Waals surface area (Å²) >= 11 is 0. The van der Waals surface area contributed by atoms with Gasteiger partial charge in [-0.3, -0.25) is 15.0 Å². The van der Waals surface area contributed by atoms with Crippen molar-refractivity contribution in [3.05, 3.63) is 58.0 Å². The number of nitrogens with one attached hydrogen (secondary N) is 1. The summed E-state index contributed by atoms with van der Waals surface area (Å²) in [5.74, 6) is 0. The number of nitro groups is 1. The molecule has 21 heavy (non-hydrogen) atoms. The van der Waals surface area contributed by atoms with E-state index < -0.39 is 0 Å². The molecule has 0 unspecified atom stereocenters. The van der Waals surface area contributed by atoms with Gasteiger partial charge in [-0.15, -0.1) is 0 Å². The van der Waals surface area contributed by atoms with Crippen LogP contribution in [-0.4, -0.2) is 23.4 Å². The zero-order valence-corrected chi connectivity index (χ0v) is 12.2. The highest BCUT2D eigenvalue weighted by Gasteiger charge is 2.12. The zero-order chi connectivity index (χ0) is 15.2. The Bertz CT molecular complexity index is 596. The van der Waals surface area contributed by atoms with Crippen molar-refractivity contribution in [2.75, 3.05) is 18.9 Å². The second-order valence-electron chi connectivity index (χ2n) is 4.93. The number of nitrogens with zero attached hydrogens (tertiary/aromatic N) is 2. The van der Waals surface area contributed by atoms with Crippen LogP contribution in [0.5, 0.6) is 0 Å². The summed E-state index contributed by atoms with van der Waals surface area (Å²) < 4.78 is 5.05. The summed E-state index contributed by atoms with van der Waals surface area (Å²) in [5.41, 5.74) is 3.04. The number of hydrogen-bond acceptors (Lipinski definition) is 5. The molecule has 1 heterocycles. The molecule has 6 heteroatoms. The molecular weight excluding hydrogens is 270 g/mol. The SMILES string of the molecule is CCNc1ccc([N+](=O)[O-])cc1CN(C)Cc1ccoc1. The monoisotopic (exact) mass is 289 g/mol. The van der Waals surface area contributed by atoms with Crippen molar-refractivity contribution in [1.29, 1.82) is 0 Å². The van der Waals surface area contributed by atoms with Crippen molar-refractivity contribution in [2.24, 2.45) is 0 Å². The van der Waals surface area contributed by atoms with E-state index in [1.54, 1.807) is 24.7 Å². The van der Waals surface area contributed by atoms with Crippen molar-refractivity contribution in [2.45, 2.75) is 20.0 Å². The molecule has 6 nitrogen and oxygen atoms in total. The second kappa shape index (κ2) is 6.90. The van der Waals surface area contributed by atoms with Gasteiger partial charge in [0, 0.05) is 43.0 Å². The van der Waals surface area contributed by atoms with Gasteiger partial charge < -0.3 is 9.73 Å². The van der Waals surface area contributed by atoms with E-state index in [0.29, 0.717) is 6.54 Å². The normalized spacial score (nSPS) is 10.8. The Balaban J connectivity index is 2.15. The van der Waals surface area contributed by atoms with Crippen LogP contribution in [0.1, 0.15) is 18.1 Å². The highest BCUT2D eigenvalue weighted by molar-refractivity contribution is 5.56. The van der Waals surface area contributed by atoms with Crippen molar-refractivity contribution in [3.63, 3.8) is 0 Å². The lowest BCUT2D eigenvalue weighted by molar-refractivity contribution is -0.384. The number of rotatable bonds is 7. The summed E-state index contributed by atoms with van der Waals surface area (Å²) in [6.07, 6.45) is 3.34. The molecule has 0 radical (unpaired) electrons. The van der Waals surface area contributed by atoms with Gasteiger partial charge in [0.25, 0.3) is 5.69 Å². The fourth-order valence-corrected chi connectivity index (χ4v) is 2.23. The quantitative estimate of drug-likeness (QED) is 0.625. The predicted octanol–water partition coefficient (Wildman–Crippen LogP) is 3.25. The first-order valence-electron chi connectivity index (χ1n) is 6.81. The Morgan fingerprint density at radius 3 is 2.76 bits per heavy atom. The van der Waals surface area contributed by atoms with Gasteiger partial charge in [0.15, 0.2) is 0 Å². The van der Waals surface area contributed by atoms with Crippen LogP contribution in [0.15, 0.2) is 41.2 Å². The first-order valence-corrected chi connectivity index (χ1v) is 6.81. The van der Waals surface area contributed by atoms with E-state index in [2.05, 4.69) is 10.2 Å². The molecule has 0 spiro atoms. The van der Waals surface area contributed by atoms with Gasteiger partial charge in [0.1, 0.15) is 0 Å². The maximum Gasteiger partial charge on any atom is 0.269 e. The van der Waals surface area contributed by atoms with Crippen LogP contribution in [0.25, 0.3) is 0 Å². The molecule has 0 saturated carbocycles.